The fourth-order valence-corrected chi connectivity index (χ4v) is 3.10. The van der Waals surface area contributed by atoms with E-state index in [1.807, 2.05) is 7.05 Å². The second-order valence-corrected chi connectivity index (χ2v) is 5.31. The summed E-state index contributed by atoms with van der Waals surface area (Å²) in [4.78, 5) is 0. The van der Waals surface area contributed by atoms with Crippen LogP contribution in [0.2, 0.25) is 0 Å². The van der Waals surface area contributed by atoms with Gasteiger partial charge in [-0.2, -0.15) is 0 Å². The topological polar surface area (TPSA) is 12.0 Å². The number of rotatable bonds is 4. The van der Waals surface area contributed by atoms with Crippen molar-refractivity contribution in [2.75, 3.05) is 12.9 Å². The lowest BCUT2D eigenvalue weighted by molar-refractivity contribution is 0.443. The van der Waals surface area contributed by atoms with E-state index in [0.717, 1.165) is 5.92 Å². The number of benzene rings is 1. The zero-order valence-corrected chi connectivity index (χ0v) is 11.3. The third-order valence-corrected chi connectivity index (χ3v) is 4.23. The van der Waals surface area contributed by atoms with Crippen LogP contribution in [0, 0.1) is 0 Å². The van der Waals surface area contributed by atoms with E-state index in [-0.39, 0.29) is 6.04 Å². The van der Waals surface area contributed by atoms with Gasteiger partial charge in [-0.25, -0.2) is 0 Å². The molecule has 1 aliphatic carbocycles. The van der Waals surface area contributed by atoms with Crippen LogP contribution in [0.4, 0.5) is 0 Å². The maximum absolute atomic E-state index is 5.93. The smallest absolute Gasteiger partial charge is 0.0455 e. The number of hydrogen-bond donors (Lipinski definition) is 1. The Bertz CT molecular complexity index is 323. The lowest BCUT2D eigenvalue weighted by atomic mass is 9.84. The summed E-state index contributed by atoms with van der Waals surface area (Å²) in [6.45, 7) is 0. The zero-order valence-electron chi connectivity index (χ0n) is 10.6. The molecule has 0 radical (unpaired) electrons. The molecule has 0 aliphatic heterocycles. The summed E-state index contributed by atoms with van der Waals surface area (Å²) in [5.41, 5.74) is 2.81. The van der Waals surface area contributed by atoms with Gasteiger partial charge < -0.3 is 5.32 Å². The highest BCUT2D eigenvalue weighted by molar-refractivity contribution is 6.18. The number of nitrogens with one attached hydrogen (secondary N) is 1. The van der Waals surface area contributed by atoms with Gasteiger partial charge in [-0.1, -0.05) is 43.5 Å². The van der Waals surface area contributed by atoms with Crippen LogP contribution >= 0.6 is 11.6 Å². The summed E-state index contributed by atoms with van der Waals surface area (Å²) >= 11 is 5.93. The number of hydrogen-bond acceptors (Lipinski definition) is 1. The molecule has 0 amide bonds. The molecule has 94 valence electrons. The van der Waals surface area contributed by atoms with Gasteiger partial charge in [-0.15, -0.1) is 11.6 Å². The van der Waals surface area contributed by atoms with Crippen molar-refractivity contribution in [1.82, 2.24) is 5.32 Å². The van der Waals surface area contributed by atoms with E-state index in [0.29, 0.717) is 5.88 Å². The summed E-state index contributed by atoms with van der Waals surface area (Å²) in [7, 11) is 1.96. The molecule has 1 aromatic carbocycles. The van der Waals surface area contributed by atoms with E-state index in [4.69, 9.17) is 11.6 Å². The Morgan fingerprint density at radius 1 is 1.18 bits per heavy atom. The molecule has 1 saturated carbocycles. The van der Waals surface area contributed by atoms with Crippen LogP contribution in [0.1, 0.15) is 55.2 Å². The van der Waals surface area contributed by atoms with Gasteiger partial charge in [0, 0.05) is 11.9 Å². The second-order valence-electron chi connectivity index (χ2n) is 5.00. The molecule has 1 atom stereocenters. The van der Waals surface area contributed by atoms with Crippen molar-refractivity contribution in [2.45, 2.75) is 44.1 Å². The standard InChI is InChI=1S/C15H22ClN/c1-17-15(11-16)14-9-7-13(8-10-14)12-5-3-2-4-6-12/h7-10,12,15,17H,2-6,11H2,1H3. The molecule has 1 nitrogen and oxygen atoms in total. The first-order chi connectivity index (χ1) is 8.35. The Morgan fingerprint density at radius 2 is 1.82 bits per heavy atom. The molecule has 1 N–H and O–H groups in total. The minimum atomic E-state index is 0.275. The van der Waals surface area contributed by atoms with Crippen LogP contribution in [-0.4, -0.2) is 12.9 Å². The van der Waals surface area contributed by atoms with Gasteiger partial charge in [-0.05, 0) is 36.9 Å². The summed E-state index contributed by atoms with van der Waals surface area (Å²) in [5, 5.41) is 3.24. The van der Waals surface area contributed by atoms with Crippen LogP contribution in [-0.2, 0) is 0 Å². The molecule has 1 aliphatic rings. The van der Waals surface area contributed by atoms with Crippen molar-refractivity contribution in [3.8, 4) is 0 Å². The maximum atomic E-state index is 5.93. The highest BCUT2D eigenvalue weighted by atomic mass is 35.5. The van der Waals surface area contributed by atoms with Crippen LogP contribution < -0.4 is 5.32 Å². The molecule has 1 fully saturated rings. The molecular weight excluding hydrogens is 230 g/mol. The number of halogens is 1. The SMILES string of the molecule is CNC(CCl)c1ccc(C2CCCCC2)cc1. The Morgan fingerprint density at radius 3 is 2.35 bits per heavy atom. The molecule has 0 bridgehead atoms. The fourth-order valence-electron chi connectivity index (χ4n) is 2.77. The molecule has 2 heteroatoms. The minimum absolute atomic E-state index is 0.275. The van der Waals surface area contributed by atoms with E-state index in [1.54, 1.807) is 0 Å². The highest BCUT2D eigenvalue weighted by Gasteiger charge is 2.15. The van der Waals surface area contributed by atoms with Gasteiger partial charge in [0.05, 0.1) is 0 Å². The first-order valence-corrected chi connectivity index (χ1v) is 7.21. The lowest BCUT2D eigenvalue weighted by Crippen LogP contribution is -2.17. The van der Waals surface area contributed by atoms with Gasteiger partial charge in [0.25, 0.3) is 0 Å². The van der Waals surface area contributed by atoms with E-state index in [9.17, 15) is 0 Å². The van der Waals surface area contributed by atoms with Gasteiger partial charge in [0.1, 0.15) is 0 Å². The lowest BCUT2D eigenvalue weighted by Gasteiger charge is -2.22. The fraction of sp³-hybridized carbons (Fsp3) is 0.600. The van der Waals surface area contributed by atoms with Crippen LogP contribution in [0.25, 0.3) is 0 Å². The molecule has 0 heterocycles. The molecule has 0 saturated heterocycles. The predicted molar refractivity (Wildman–Crippen MR) is 74.8 cm³/mol. The van der Waals surface area contributed by atoms with E-state index >= 15 is 0 Å². The minimum Gasteiger partial charge on any atom is -0.312 e. The first-order valence-electron chi connectivity index (χ1n) is 6.68. The summed E-state index contributed by atoms with van der Waals surface area (Å²) in [6, 6.07) is 9.32. The molecule has 1 unspecified atom stereocenters. The van der Waals surface area contributed by atoms with E-state index in [2.05, 4.69) is 29.6 Å². The summed E-state index contributed by atoms with van der Waals surface area (Å²) in [6.07, 6.45) is 6.94. The van der Waals surface area contributed by atoms with Gasteiger partial charge in [0.15, 0.2) is 0 Å². The van der Waals surface area contributed by atoms with E-state index in [1.165, 1.54) is 43.2 Å². The average molecular weight is 252 g/mol. The average Bonchev–Trinajstić information content (AvgIpc) is 2.42. The highest BCUT2D eigenvalue weighted by Crippen LogP contribution is 2.32. The molecule has 0 spiro atoms. The largest absolute Gasteiger partial charge is 0.312 e. The van der Waals surface area contributed by atoms with Crippen molar-refractivity contribution in [1.29, 1.82) is 0 Å². The zero-order chi connectivity index (χ0) is 12.1. The molecule has 2 rings (SSSR count). The molecule has 1 aromatic rings. The Kier molecular flexibility index (Phi) is 4.87. The van der Waals surface area contributed by atoms with E-state index < -0.39 is 0 Å². The maximum Gasteiger partial charge on any atom is 0.0455 e. The number of alkyl halides is 1. The Balaban J connectivity index is 2.06. The monoisotopic (exact) mass is 251 g/mol. The van der Waals surface area contributed by atoms with Gasteiger partial charge in [-0.3, -0.25) is 0 Å². The predicted octanol–water partition coefficient (Wildman–Crippen LogP) is 4.23. The van der Waals surface area contributed by atoms with Crippen molar-refractivity contribution in [3.05, 3.63) is 35.4 Å². The normalized spacial score (nSPS) is 19.2. The van der Waals surface area contributed by atoms with Gasteiger partial charge in [0.2, 0.25) is 0 Å². The van der Waals surface area contributed by atoms with Crippen molar-refractivity contribution in [3.63, 3.8) is 0 Å². The Hall–Kier alpha value is -0.530. The van der Waals surface area contributed by atoms with Crippen molar-refractivity contribution >= 4 is 11.6 Å². The second kappa shape index (κ2) is 6.42. The van der Waals surface area contributed by atoms with Gasteiger partial charge >= 0.3 is 0 Å². The third-order valence-electron chi connectivity index (χ3n) is 3.92. The molecule has 17 heavy (non-hydrogen) atoms. The van der Waals surface area contributed by atoms with Crippen LogP contribution in [0.15, 0.2) is 24.3 Å². The quantitative estimate of drug-likeness (QED) is 0.790. The van der Waals surface area contributed by atoms with Crippen LogP contribution in [0.5, 0.6) is 0 Å². The third kappa shape index (κ3) is 3.23. The molecular formula is C15H22ClN. The summed E-state index contributed by atoms with van der Waals surface area (Å²) in [5.74, 6) is 1.42. The Labute approximate surface area is 110 Å². The van der Waals surface area contributed by atoms with Crippen molar-refractivity contribution in [2.24, 2.45) is 0 Å². The molecule has 0 aromatic heterocycles. The van der Waals surface area contributed by atoms with Crippen molar-refractivity contribution < 1.29 is 0 Å². The first kappa shape index (κ1) is 12.9. The van der Waals surface area contributed by atoms with Crippen LogP contribution in [0.3, 0.4) is 0 Å². The summed E-state index contributed by atoms with van der Waals surface area (Å²) < 4.78 is 0.